The highest BCUT2D eigenvalue weighted by Gasteiger charge is 2.29. The molecule has 2 amide bonds. The number of amides is 2. The Morgan fingerprint density at radius 2 is 1.69 bits per heavy atom. The van der Waals surface area contributed by atoms with E-state index in [0.29, 0.717) is 44.6 Å². The van der Waals surface area contributed by atoms with E-state index in [1.807, 2.05) is 41.8 Å². The van der Waals surface area contributed by atoms with Crippen molar-refractivity contribution >= 4 is 21.7 Å². The Morgan fingerprint density at radius 3 is 2.28 bits per heavy atom. The summed E-state index contributed by atoms with van der Waals surface area (Å²) >= 11 is 0. The second-order valence-electron chi connectivity index (χ2n) is 9.55. The lowest BCUT2D eigenvalue weighted by Crippen LogP contribution is -2.48. The van der Waals surface area contributed by atoms with Crippen molar-refractivity contribution in [3.05, 3.63) is 35.4 Å². The maximum Gasteiger partial charge on any atom is 0.254 e. The molecule has 0 aromatic heterocycles. The first-order valence-electron chi connectivity index (χ1n) is 11.6. The third-order valence-electron chi connectivity index (χ3n) is 6.39. The Labute approximate surface area is 192 Å². The molecule has 8 heteroatoms. The first-order chi connectivity index (χ1) is 15.0. The number of rotatable bonds is 6. The molecule has 1 aromatic carbocycles. The molecule has 0 saturated carbocycles. The number of nitrogens with zero attached hydrogens (tertiary/aromatic N) is 2. The van der Waals surface area contributed by atoms with E-state index in [0.717, 1.165) is 5.56 Å². The van der Waals surface area contributed by atoms with Gasteiger partial charge in [0.1, 0.15) is 0 Å². The average Bonchev–Trinajstić information content (AvgIpc) is 2.72. The molecule has 2 atom stereocenters. The van der Waals surface area contributed by atoms with Crippen molar-refractivity contribution < 1.29 is 22.7 Å². The summed E-state index contributed by atoms with van der Waals surface area (Å²) in [4.78, 5) is 29.4. The molecule has 3 rings (SSSR count). The first kappa shape index (κ1) is 24.7. The fourth-order valence-corrected chi connectivity index (χ4v) is 5.87. The van der Waals surface area contributed by atoms with Crippen LogP contribution in [0.2, 0.25) is 0 Å². The van der Waals surface area contributed by atoms with Gasteiger partial charge in [-0.2, -0.15) is 0 Å². The van der Waals surface area contributed by atoms with E-state index in [1.165, 1.54) is 0 Å². The highest BCUT2D eigenvalue weighted by atomic mass is 32.2. The van der Waals surface area contributed by atoms with Crippen molar-refractivity contribution in [2.24, 2.45) is 5.92 Å². The maximum absolute atomic E-state index is 13.0. The molecule has 7 nitrogen and oxygen atoms in total. The Hall–Kier alpha value is -1.93. The molecular formula is C24H36N2O5S. The van der Waals surface area contributed by atoms with Gasteiger partial charge in [0.05, 0.1) is 29.6 Å². The van der Waals surface area contributed by atoms with E-state index in [4.69, 9.17) is 4.74 Å². The van der Waals surface area contributed by atoms with E-state index in [1.54, 1.807) is 19.9 Å². The van der Waals surface area contributed by atoms with Gasteiger partial charge < -0.3 is 14.5 Å². The number of likely N-dealkylation sites (tertiary alicyclic amines) is 1. The number of morpholine rings is 1. The predicted molar refractivity (Wildman–Crippen MR) is 124 cm³/mol. The molecule has 1 aromatic rings. The zero-order chi connectivity index (χ0) is 23.5. The van der Waals surface area contributed by atoms with Crippen LogP contribution in [-0.2, 0) is 25.8 Å². The number of hydrogen-bond donors (Lipinski definition) is 0. The molecule has 2 aliphatic rings. The molecular weight excluding hydrogens is 428 g/mol. The van der Waals surface area contributed by atoms with Crippen molar-refractivity contribution in [3.63, 3.8) is 0 Å². The van der Waals surface area contributed by atoms with Crippen LogP contribution in [0.25, 0.3) is 0 Å². The lowest BCUT2D eigenvalue weighted by molar-refractivity contribution is -0.131. The molecule has 2 saturated heterocycles. The number of sulfone groups is 1. The van der Waals surface area contributed by atoms with Crippen LogP contribution in [0.3, 0.4) is 0 Å². The topological polar surface area (TPSA) is 84.0 Å². The second-order valence-corrected chi connectivity index (χ2v) is 12.1. The Morgan fingerprint density at radius 1 is 1.06 bits per heavy atom. The molecule has 0 unspecified atom stereocenters. The quantitative estimate of drug-likeness (QED) is 0.646. The van der Waals surface area contributed by atoms with E-state index in [-0.39, 0.29) is 47.4 Å². The molecule has 0 aliphatic carbocycles. The van der Waals surface area contributed by atoms with Crippen molar-refractivity contribution in [1.29, 1.82) is 0 Å². The van der Waals surface area contributed by atoms with Gasteiger partial charge in [-0.15, -0.1) is 0 Å². The van der Waals surface area contributed by atoms with Gasteiger partial charge in [0, 0.05) is 31.7 Å². The second kappa shape index (κ2) is 10.3. The number of carbonyl (C=O) groups excluding carboxylic acids is 2. The van der Waals surface area contributed by atoms with Crippen LogP contribution >= 0.6 is 0 Å². The SMILES string of the molecule is CC(C)S(=O)(=O)CC1CCN(C(=O)Cc2cccc(C(=O)N3C[C@@H](C)O[C@@H](C)C3)c2)CC1. The highest BCUT2D eigenvalue weighted by molar-refractivity contribution is 7.91. The summed E-state index contributed by atoms with van der Waals surface area (Å²) < 4.78 is 30.1. The molecule has 178 valence electrons. The van der Waals surface area contributed by atoms with Crippen molar-refractivity contribution in [2.45, 2.75) is 64.4 Å². The molecule has 0 radical (unpaired) electrons. The number of benzene rings is 1. The summed E-state index contributed by atoms with van der Waals surface area (Å²) in [6, 6.07) is 7.31. The molecule has 0 bridgehead atoms. The molecule has 0 spiro atoms. The Kier molecular flexibility index (Phi) is 7.98. The molecule has 32 heavy (non-hydrogen) atoms. The number of ether oxygens (including phenoxy) is 1. The number of carbonyl (C=O) groups is 2. The van der Waals surface area contributed by atoms with Crippen LogP contribution in [-0.4, -0.2) is 79.4 Å². The summed E-state index contributed by atoms with van der Waals surface area (Å²) in [6.07, 6.45) is 1.68. The minimum absolute atomic E-state index is 0.00548. The van der Waals surface area contributed by atoms with Crippen molar-refractivity contribution in [1.82, 2.24) is 9.80 Å². The first-order valence-corrected chi connectivity index (χ1v) is 13.3. The standard InChI is InChI=1S/C24H36N2O5S/c1-17(2)32(29,30)16-20-8-10-25(11-9-20)23(27)13-21-6-5-7-22(12-21)24(28)26-14-18(3)31-19(4)15-26/h5-7,12,17-20H,8-11,13-16H2,1-4H3/t18-,19+. The Bertz CT molecular complexity index is 912. The number of hydrogen-bond acceptors (Lipinski definition) is 5. The van der Waals surface area contributed by atoms with E-state index < -0.39 is 9.84 Å². The van der Waals surface area contributed by atoms with Gasteiger partial charge in [0.2, 0.25) is 5.91 Å². The van der Waals surface area contributed by atoms with E-state index in [2.05, 4.69) is 0 Å². The van der Waals surface area contributed by atoms with Gasteiger partial charge >= 0.3 is 0 Å². The minimum Gasteiger partial charge on any atom is -0.372 e. The van der Waals surface area contributed by atoms with Gasteiger partial charge in [-0.3, -0.25) is 9.59 Å². The summed E-state index contributed by atoms with van der Waals surface area (Å²) in [5.41, 5.74) is 1.41. The van der Waals surface area contributed by atoms with Crippen molar-refractivity contribution in [2.75, 3.05) is 31.9 Å². The molecule has 2 aliphatic heterocycles. The summed E-state index contributed by atoms with van der Waals surface area (Å²) in [6.45, 7) is 9.65. The largest absolute Gasteiger partial charge is 0.372 e. The summed E-state index contributed by atoms with van der Waals surface area (Å²) in [5, 5.41) is -0.360. The van der Waals surface area contributed by atoms with Crippen LogP contribution in [0.1, 0.15) is 56.5 Å². The molecule has 0 N–H and O–H groups in total. The molecule has 2 heterocycles. The van der Waals surface area contributed by atoms with Crippen LogP contribution < -0.4 is 0 Å². The fourth-order valence-electron chi connectivity index (χ4n) is 4.50. The van der Waals surface area contributed by atoms with Crippen LogP contribution in [0.15, 0.2) is 24.3 Å². The van der Waals surface area contributed by atoms with Gasteiger partial charge in [-0.1, -0.05) is 12.1 Å². The van der Waals surface area contributed by atoms with Gasteiger partial charge in [0.25, 0.3) is 5.91 Å². The minimum atomic E-state index is -3.06. The average molecular weight is 465 g/mol. The summed E-state index contributed by atoms with van der Waals surface area (Å²) in [7, 11) is -3.06. The van der Waals surface area contributed by atoms with Gasteiger partial charge in [-0.05, 0) is 64.2 Å². The highest BCUT2D eigenvalue weighted by Crippen LogP contribution is 2.22. The lowest BCUT2D eigenvalue weighted by atomic mass is 9.98. The third kappa shape index (κ3) is 6.32. The lowest BCUT2D eigenvalue weighted by Gasteiger charge is -2.35. The number of piperidine rings is 1. The van der Waals surface area contributed by atoms with Crippen LogP contribution in [0, 0.1) is 5.92 Å². The van der Waals surface area contributed by atoms with Gasteiger partial charge in [0.15, 0.2) is 9.84 Å². The third-order valence-corrected chi connectivity index (χ3v) is 8.76. The smallest absolute Gasteiger partial charge is 0.254 e. The normalized spacial score (nSPS) is 22.9. The zero-order valence-corrected chi connectivity index (χ0v) is 20.4. The monoisotopic (exact) mass is 464 g/mol. The zero-order valence-electron chi connectivity index (χ0n) is 19.6. The fraction of sp³-hybridized carbons (Fsp3) is 0.667. The summed E-state index contributed by atoms with van der Waals surface area (Å²) in [5.74, 6) is 0.308. The maximum atomic E-state index is 13.0. The van der Waals surface area contributed by atoms with Crippen LogP contribution in [0.4, 0.5) is 0 Å². The Balaban J connectivity index is 1.56. The predicted octanol–water partition coefficient (Wildman–Crippen LogP) is 2.54. The van der Waals surface area contributed by atoms with Crippen molar-refractivity contribution in [3.8, 4) is 0 Å². The molecule has 2 fully saturated rings. The van der Waals surface area contributed by atoms with Gasteiger partial charge in [-0.25, -0.2) is 8.42 Å². The van der Waals surface area contributed by atoms with E-state index >= 15 is 0 Å². The van der Waals surface area contributed by atoms with E-state index in [9.17, 15) is 18.0 Å². The van der Waals surface area contributed by atoms with Crippen LogP contribution in [0.5, 0.6) is 0 Å².